The molecule has 1 heterocycles. The molecule has 0 bridgehead atoms. The van der Waals surface area contributed by atoms with Crippen molar-refractivity contribution < 1.29 is 9.59 Å². The van der Waals surface area contributed by atoms with Crippen molar-refractivity contribution in [2.75, 3.05) is 0 Å². The van der Waals surface area contributed by atoms with E-state index in [0.29, 0.717) is 0 Å². The largest absolute Gasteiger partial charge is 0.352 e. The lowest BCUT2D eigenvalue weighted by molar-refractivity contribution is -0.123. The fourth-order valence-electron chi connectivity index (χ4n) is 2.80. The van der Waals surface area contributed by atoms with Gasteiger partial charge in [-0.3, -0.25) is 14.7 Å². The minimum Gasteiger partial charge on any atom is -0.352 e. The number of Topliss-reactive ketones (excluding diaryl/α,β-unsaturated/α-hetero) is 1. The Bertz CT molecular complexity index is 567. The zero-order valence-corrected chi connectivity index (χ0v) is 12.9. The lowest BCUT2D eigenvalue weighted by Crippen LogP contribution is -2.42. The van der Waals surface area contributed by atoms with Crippen molar-refractivity contribution in [1.82, 2.24) is 15.5 Å². The van der Waals surface area contributed by atoms with E-state index in [-0.39, 0.29) is 11.7 Å². The Morgan fingerprint density at radius 3 is 2.82 bits per heavy atom. The monoisotopic (exact) mass is 302 g/mol. The Kier molecular flexibility index (Phi) is 5.70. The molecule has 2 rings (SSSR count). The standard InChI is InChI=1S/C16H22N4O2/c1-2-6-12-9-14(20-19-12)15(21)13(10-17)16(22)18-11-7-4-3-5-8-11/h9,11,13H,2-8H2,1H3,(H,18,22)(H,19,20). The number of nitriles is 1. The van der Waals surface area contributed by atoms with E-state index in [1.165, 1.54) is 6.42 Å². The normalized spacial score (nSPS) is 16.7. The van der Waals surface area contributed by atoms with Crippen molar-refractivity contribution in [3.8, 4) is 6.07 Å². The number of hydrogen-bond acceptors (Lipinski definition) is 4. The van der Waals surface area contributed by atoms with Gasteiger partial charge in [0.15, 0.2) is 5.92 Å². The van der Waals surface area contributed by atoms with Gasteiger partial charge in [-0.15, -0.1) is 0 Å². The summed E-state index contributed by atoms with van der Waals surface area (Å²) < 4.78 is 0. The molecular formula is C16H22N4O2. The van der Waals surface area contributed by atoms with Gasteiger partial charge in [0.2, 0.25) is 11.7 Å². The third-order valence-electron chi connectivity index (χ3n) is 4.01. The first-order valence-electron chi connectivity index (χ1n) is 7.94. The van der Waals surface area contributed by atoms with E-state index < -0.39 is 17.6 Å². The Hall–Kier alpha value is -2.16. The van der Waals surface area contributed by atoms with Crippen molar-refractivity contribution in [2.24, 2.45) is 5.92 Å². The summed E-state index contributed by atoms with van der Waals surface area (Å²) in [5.41, 5.74) is 1.00. The van der Waals surface area contributed by atoms with Gasteiger partial charge < -0.3 is 5.32 Å². The number of carbonyl (C=O) groups excluding carboxylic acids is 2. The third-order valence-corrected chi connectivity index (χ3v) is 4.01. The first kappa shape index (κ1) is 16.2. The molecule has 1 unspecified atom stereocenters. The van der Waals surface area contributed by atoms with E-state index in [1.54, 1.807) is 6.07 Å². The van der Waals surface area contributed by atoms with Crippen LogP contribution in [0.4, 0.5) is 0 Å². The number of aromatic nitrogens is 2. The number of rotatable bonds is 6. The van der Waals surface area contributed by atoms with Crippen LogP contribution in [0.5, 0.6) is 0 Å². The topological polar surface area (TPSA) is 98.6 Å². The maximum atomic E-state index is 12.3. The Morgan fingerprint density at radius 2 is 2.18 bits per heavy atom. The molecule has 1 fully saturated rings. The second-order valence-electron chi connectivity index (χ2n) is 5.80. The van der Waals surface area contributed by atoms with Gasteiger partial charge in [-0.1, -0.05) is 32.6 Å². The van der Waals surface area contributed by atoms with Crippen molar-refractivity contribution in [1.29, 1.82) is 5.26 Å². The highest BCUT2D eigenvalue weighted by atomic mass is 16.2. The summed E-state index contributed by atoms with van der Waals surface area (Å²) in [4.78, 5) is 24.5. The summed E-state index contributed by atoms with van der Waals surface area (Å²) >= 11 is 0. The lowest BCUT2D eigenvalue weighted by atomic mass is 9.94. The van der Waals surface area contributed by atoms with Crippen LogP contribution in [0.15, 0.2) is 6.07 Å². The zero-order chi connectivity index (χ0) is 15.9. The summed E-state index contributed by atoms with van der Waals surface area (Å²) in [7, 11) is 0. The molecule has 1 aromatic rings. The molecule has 0 spiro atoms. The van der Waals surface area contributed by atoms with Gasteiger partial charge in [-0.25, -0.2) is 0 Å². The third kappa shape index (κ3) is 3.94. The fraction of sp³-hybridized carbons (Fsp3) is 0.625. The van der Waals surface area contributed by atoms with Crippen LogP contribution in [-0.4, -0.2) is 27.9 Å². The van der Waals surface area contributed by atoms with Gasteiger partial charge in [-0.05, 0) is 25.3 Å². The Labute approximate surface area is 130 Å². The molecule has 1 amide bonds. The number of aromatic amines is 1. The van der Waals surface area contributed by atoms with Crippen LogP contribution in [0.3, 0.4) is 0 Å². The van der Waals surface area contributed by atoms with Crippen LogP contribution >= 0.6 is 0 Å². The summed E-state index contributed by atoms with van der Waals surface area (Å²) in [6.45, 7) is 2.03. The number of nitrogens with one attached hydrogen (secondary N) is 2. The van der Waals surface area contributed by atoms with Crippen molar-refractivity contribution >= 4 is 11.7 Å². The van der Waals surface area contributed by atoms with Gasteiger partial charge >= 0.3 is 0 Å². The molecule has 118 valence electrons. The molecule has 1 aliphatic carbocycles. The Balaban J connectivity index is 2.01. The van der Waals surface area contributed by atoms with Crippen LogP contribution in [0, 0.1) is 17.2 Å². The molecule has 1 saturated carbocycles. The number of nitrogens with zero attached hydrogens (tertiary/aromatic N) is 2. The molecule has 6 heteroatoms. The average Bonchev–Trinajstić information content (AvgIpc) is 2.98. The zero-order valence-electron chi connectivity index (χ0n) is 12.9. The first-order valence-corrected chi connectivity index (χ1v) is 7.94. The predicted molar refractivity (Wildman–Crippen MR) is 81.0 cm³/mol. The molecule has 1 aliphatic rings. The van der Waals surface area contributed by atoms with Gasteiger partial charge in [0.25, 0.3) is 0 Å². The summed E-state index contributed by atoms with van der Waals surface area (Å²) in [5, 5.41) is 18.7. The molecule has 1 aromatic heterocycles. The minimum absolute atomic E-state index is 0.0831. The van der Waals surface area contributed by atoms with Crippen molar-refractivity contribution in [3.63, 3.8) is 0 Å². The second kappa shape index (κ2) is 7.74. The molecule has 2 N–H and O–H groups in total. The minimum atomic E-state index is -1.32. The van der Waals surface area contributed by atoms with Gasteiger partial charge in [0, 0.05) is 11.7 Å². The molecule has 0 aromatic carbocycles. The summed E-state index contributed by atoms with van der Waals surface area (Å²) in [6, 6.07) is 3.53. The van der Waals surface area contributed by atoms with E-state index in [1.807, 2.05) is 13.0 Å². The van der Waals surface area contributed by atoms with Crippen LogP contribution < -0.4 is 5.32 Å². The van der Waals surface area contributed by atoms with Crippen LogP contribution in [0.1, 0.15) is 61.6 Å². The van der Waals surface area contributed by atoms with Gasteiger partial charge in [-0.2, -0.15) is 10.4 Å². The number of carbonyl (C=O) groups is 2. The number of amides is 1. The van der Waals surface area contributed by atoms with E-state index in [0.717, 1.165) is 44.2 Å². The number of hydrogen-bond donors (Lipinski definition) is 2. The summed E-state index contributed by atoms with van der Waals surface area (Å²) in [6.07, 6.45) is 6.89. The molecular weight excluding hydrogens is 280 g/mol. The Morgan fingerprint density at radius 1 is 1.45 bits per heavy atom. The smallest absolute Gasteiger partial charge is 0.245 e. The van der Waals surface area contributed by atoms with Crippen LogP contribution in [-0.2, 0) is 11.2 Å². The summed E-state index contributed by atoms with van der Waals surface area (Å²) in [5.74, 6) is -2.35. The second-order valence-corrected chi connectivity index (χ2v) is 5.80. The molecule has 22 heavy (non-hydrogen) atoms. The van der Waals surface area contributed by atoms with E-state index >= 15 is 0 Å². The van der Waals surface area contributed by atoms with Crippen molar-refractivity contribution in [3.05, 3.63) is 17.5 Å². The quantitative estimate of drug-likeness (QED) is 0.621. The number of aryl methyl sites for hydroxylation is 1. The lowest BCUT2D eigenvalue weighted by Gasteiger charge is -2.23. The maximum Gasteiger partial charge on any atom is 0.245 e. The predicted octanol–water partition coefficient (Wildman–Crippen LogP) is 2.13. The van der Waals surface area contributed by atoms with Crippen LogP contribution in [0.2, 0.25) is 0 Å². The van der Waals surface area contributed by atoms with Gasteiger partial charge in [0.05, 0.1) is 6.07 Å². The first-order chi connectivity index (χ1) is 10.7. The van der Waals surface area contributed by atoms with Crippen LogP contribution in [0.25, 0.3) is 0 Å². The van der Waals surface area contributed by atoms with E-state index in [4.69, 9.17) is 0 Å². The molecule has 6 nitrogen and oxygen atoms in total. The molecule has 0 saturated heterocycles. The maximum absolute atomic E-state index is 12.3. The fourth-order valence-corrected chi connectivity index (χ4v) is 2.80. The molecule has 1 atom stereocenters. The highest BCUT2D eigenvalue weighted by Crippen LogP contribution is 2.18. The average molecular weight is 302 g/mol. The van der Waals surface area contributed by atoms with E-state index in [9.17, 15) is 14.9 Å². The number of H-pyrrole nitrogens is 1. The van der Waals surface area contributed by atoms with Crippen molar-refractivity contribution in [2.45, 2.75) is 57.9 Å². The van der Waals surface area contributed by atoms with E-state index in [2.05, 4.69) is 15.5 Å². The highest BCUT2D eigenvalue weighted by Gasteiger charge is 2.31. The molecule has 0 radical (unpaired) electrons. The van der Waals surface area contributed by atoms with Gasteiger partial charge in [0.1, 0.15) is 5.69 Å². The molecule has 0 aliphatic heterocycles. The highest BCUT2D eigenvalue weighted by molar-refractivity contribution is 6.11. The number of ketones is 1. The SMILES string of the molecule is CCCc1cc(C(=O)C(C#N)C(=O)NC2CCCCC2)n[nH]1.